The predicted molar refractivity (Wildman–Crippen MR) is 93.9 cm³/mol. The summed E-state index contributed by atoms with van der Waals surface area (Å²) in [5.74, 6) is 0.817. The third-order valence-electron chi connectivity index (χ3n) is 6.26. The van der Waals surface area contributed by atoms with Crippen molar-refractivity contribution >= 4 is 27.8 Å². The van der Waals surface area contributed by atoms with Gasteiger partial charge < -0.3 is 9.32 Å². The Morgan fingerprint density at radius 2 is 2.13 bits per heavy atom. The molecule has 2 aromatic heterocycles. The third-order valence-corrected chi connectivity index (χ3v) is 6.26. The molecule has 0 radical (unpaired) electrons. The van der Waals surface area contributed by atoms with Crippen LogP contribution in [-0.4, -0.2) is 16.6 Å². The van der Waals surface area contributed by atoms with Gasteiger partial charge in [-0.05, 0) is 63.6 Å². The fourth-order valence-electron chi connectivity index (χ4n) is 5.13. The highest BCUT2D eigenvalue weighted by atomic mass is 16.3. The van der Waals surface area contributed by atoms with Crippen LogP contribution in [-0.2, 0) is 0 Å². The first-order chi connectivity index (χ1) is 11.1. The Balaban J connectivity index is 1.83. The summed E-state index contributed by atoms with van der Waals surface area (Å²) >= 11 is 0. The van der Waals surface area contributed by atoms with Crippen LogP contribution < -0.4 is 4.90 Å². The molecule has 0 spiro atoms. The van der Waals surface area contributed by atoms with Gasteiger partial charge in [0.1, 0.15) is 0 Å². The number of hydrogen-bond acceptors (Lipinski definition) is 3. The van der Waals surface area contributed by atoms with Gasteiger partial charge in [-0.3, -0.25) is 0 Å². The molecule has 118 valence electrons. The lowest BCUT2D eigenvalue weighted by Crippen LogP contribution is -2.47. The molecule has 2 fully saturated rings. The SMILES string of the molecule is Cc1ccc2c(oc3ncccc32)c1N1[C@@H](C)C2CCC1(C)C2. The second-order valence-electron chi connectivity index (χ2n) is 7.68. The number of aryl methyl sites for hydroxylation is 1. The Kier molecular flexibility index (Phi) is 2.50. The van der Waals surface area contributed by atoms with Crippen molar-refractivity contribution in [2.75, 3.05) is 4.90 Å². The Morgan fingerprint density at radius 3 is 2.91 bits per heavy atom. The fraction of sp³-hybridized carbons (Fsp3) is 0.450. The van der Waals surface area contributed by atoms with E-state index in [1.807, 2.05) is 6.07 Å². The molecular formula is C20H22N2O. The summed E-state index contributed by atoms with van der Waals surface area (Å²) < 4.78 is 6.23. The Morgan fingerprint density at radius 1 is 1.26 bits per heavy atom. The van der Waals surface area contributed by atoms with Gasteiger partial charge in [0, 0.05) is 28.6 Å². The van der Waals surface area contributed by atoms with E-state index in [0.717, 1.165) is 22.6 Å². The molecule has 1 aliphatic carbocycles. The number of furan rings is 1. The largest absolute Gasteiger partial charge is 0.436 e. The van der Waals surface area contributed by atoms with Gasteiger partial charge in [-0.1, -0.05) is 12.1 Å². The van der Waals surface area contributed by atoms with E-state index >= 15 is 0 Å². The Bertz CT molecular complexity index is 928. The summed E-state index contributed by atoms with van der Waals surface area (Å²) in [6.07, 6.45) is 5.77. The first-order valence-corrected chi connectivity index (χ1v) is 8.65. The van der Waals surface area contributed by atoms with Crippen LogP contribution in [0.1, 0.15) is 38.7 Å². The number of nitrogens with zero attached hydrogens (tertiary/aromatic N) is 2. The normalized spacial score (nSPS) is 30.0. The predicted octanol–water partition coefficient (Wildman–Crippen LogP) is 5.06. The molecule has 2 bridgehead atoms. The molecule has 0 N–H and O–H groups in total. The quantitative estimate of drug-likeness (QED) is 0.629. The van der Waals surface area contributed by atoms with Crippen molar-refractivity contribution in [2.24, 2.45) is 5.92 Å². The van der Waals surface area contributed by atoms with Crippen LogP contribution in [0.4, 0.5) is 5.69 Å². The van der Waals surface area contributed by atoms with E-state index in [4.69, 9.17) is 4.42 Å². The highest BCUT2D eigenvalue weighted by Crippen LogP contribution is 2.54. The van der Waals surface area contributed by atoms with Crippen LogP contribution in [0.5, 0.6) is 0 Å². The van der Waals surface area contributed by atoms with Gasteiger partial charge in [-0.15, -0.1) is 0 Å². The zero-order valence-corrected chi connectivity index (χ0v) is 14.0. The summed E-state index contributed by atoms with van der Waals surface area (Å²) in [5, 5.41) is 2.30. The molecule has 3 atom stereocenters. The van der Waals surface area contributed by atoms with Crippen molar-refractivity contribution in [1.29, 1.82) is 0 Å². The van der Waals surface area contributed by atoms with E-state index in [-0.39, 0.29) is 5.54 Å². The molecule has 1 saturated carbocycles. The summed E-state index contributed by atoms with van der Waals surface area (Å²) in [4.78, 5) is 7.07. The van der Waals surface area contributed by atoms with Crippen LogP contribution >= 0.6 is 0 Å². The van der Waals surface area contributed by atoms with E-state index in [2.05, 4.69) is 48.9 Å². The molecule has 5 rings (SSSR count). The Labute approximate surface area is 136 Å². The van der Waals surface area contributed by atoms with Crippen molar-refractivity contribution in [1.82, 2.24) is 4.98 Å². The number of rotatable bonds is 1. The molecule has 3 aromatic rings. The smallest absolute Gasteiger partial charge is 0.227 e. The lowest BCUT2D eigenvalue weighted by molar-refractivity contribution is 0.402. The van der Waals surface area contributed by atoms with E-state index in [0.29, 0.717) is 6.04 Å². The molecule has 1 aromatic carbocycles. The number of hydrogen-bond donors (Lipinski definition) is 0. The zero-order chi connectivity index (χ0) is 15.8. The van der Waals surface area contributed by atoms with E-state index < -0.39 is 0 Å². The number of benzene rings is 1. The monoisotopic (exact) mass is 306 g/mol. The number of fused-ring (bicyclic) bond motifs is 5. The van der Waals surface area contributed by atoms with Crippen LogP contribution in [0.2, 0.25) is 0 Å². The van der Waals surface area contributed by atoms with Gasteiger partial charge in [0.05, 0.1) is 5.69 Å². The van der Waals surface area contributed by atoms with Crippen molar-refractivity contribution in [3.8, 4) is 0 Å². The Hall–Kier alpha value is -2.03. The summed E-state index contributed by atoms with van der Waals surface area (Å²) in [5.41, 5.74) is 4.63. The molecular weight excluding hydrogens is 284 g/mol. The minimum Gasteiger partial charge on any atom is -0.436 e. The summed E-state index contributed by atoms with van der Waals surface area (Å²) in [6, 6.07) is 9.09. The second-order valence-corrected chi connectivity index (χ2v) is 7.68. The topological polar surface area (TPSA) is 29.3 Å². The number of pyridine rings is 1. The van der Waals surface area contributed by atoms with Crippen molar-refractivity contribution in [3.05, 3.63) is 36.0 Å². The van der Waals surface area contributed by atoms with E-state index in [1.54, 1.807) is 6.20 Å². The zero-order valence-electron chi connectivity index (χ0n) is 14.0. The van der Waals surface area contributed by atoms with Crippen LogP contribution in [0.3, 0.4) is 0 Å². The lowest BCUT2D eigenvalue weighted by atomic mass is 9.94. The third kappa shape index (κ3) is 1.63. The molecule has 0 amide bonds. The van der Waals surface area contributed by atoms with Crippen LogP contribution in [0, 0.1) is 12.8 Å². The molecule has 1 saturated heterocycles. The molecule has 1 aliphatic heterocycles. The first kappa shape index (κ1) is 13.4. The van der Waals surface area contributed by atoms with Crippen molar-refractivity contribution < 1.29 is 4.42 Å². The van der Waals surface area contributed by atoms with Crippen LogP contribution in [0.25, 0.3) is 22.1 Å². The van der Waals surface area contributed by atoms with Gasteiger partial charge in [-0.2, -0.15) is 0 Å². The van der Waals surface area contributed by atoms with Gasteiger partial charge in [0.2, 0.25) is 5.71 Å². The molecule has 3 heterocycles. The molecule has 2 aliphatic rings. The summed E-state index contributed by atoms with van der Waals surface area (Å²) in [7, 11) is 0. The molecule has 3 heteroatoms. The van der Waals surface area contributed by atoms with Crippen LogP contribution in [0.15, 0.2) is 34.9 Å². The fourth-order valence-corrected chi connectivity index (χ4v) is 5.13. The first-order valence-electron chi connectivity index (χ1n) is 8.65. The highest BCUT2D eigenvalue weighted by molar-refractivity contribution is 6.08. The average molecular weight is 306 g/mol. The maximum absolute atomic E-state index is 6.23. The number of piperidine rings is 1. The average Bonchev–Trinajstić information content (AvgIpc) is 3.17. The highest BCUT2D eigenvalue weighted by Gasteiger charge is 2.52. The molecule has 2 unspecified atom stereocenters. The van der Waals surface area contributed by atoms with Crippen molar-refractivity contribution in [2.45, 2.75) is 51.6 Å². The standard InChI is InChI=1S/C20H22N2O/c1-12-6-7-15-16-5-4-10-21-19(16)23-18(15)17(12)22-13(2)14-8-9-20(22,3)11-14/h4-7,10,13-14H,8-9,11H2,1-3H3/t13-,14?,20?/m0/s1. The lowest BCUT2D eigenvalue weighted by Gasteiger charge is -2.42. The molecule has 3 nitrogen and oxygen atoms in total. The molecule has 23 heavy (non-hydrogen) atoms. The maximum atomic E-state index is 6.23. The number of anilines is 1. The van der Waals surface area contributed by atoms with Gasteiger partial charge >= 0.3 is 0 Å². The van der Waals surface area contributed by atoms with E-state index in [1.165, 1.54) is 35.9 Å². The van der Waals surface area contributed by atoms with E-state index in [9.17, 15) is 0 Å². The number of aromatic nitrogens is 1. The van der Waals surface area contributed by atoms with Crippen molar-refractivity contribution in [3.63, 3.8) is 0 Å². The van der Waals surface area contributed by atoms with Gasteiger partial charge in [-0.25, -0.2) is 4.98 Å². The second kappa shape index (κ2) is 4.28. The summed E-state index contributed by atoms with van der Waals surface area (Å²) in [6.45, 7) is 7.02. The van der Waals surface area contributed by atoms with Gasteiger partial charge in [0.15, 0.2) is 5.58 Å². The minimum absolute atomic E-state index is 0.273. The minimum atomic E-state index is 0.273. The maximum Gasteiger partial charge on any atom is 0.227 e. The van der Waals surface area contributed by atoms with Gasteiger partial charge in [0.25, 0.3) is 0 Å².